The van der Waals surface area contributed by atoms with E-state index in [9.17, 15) is 4.79 Å². The summed E-state index contributed by atoms with van der Waals surface area (Å²) >= 11 is 0. The summed E-state index contributed by atoms with van der Waals surface area (Å²) in [6, 6.07) is 3.75. The van der Waals surface area contributed by atoms with E-state index in [0.717, 1.165) is 37.7 Å². The predicted molar refractivity (Wildman–Crippen MR) is 80.3 cm³/mol. The van der Waals surface area contributed by atoms with Crippen LogP contribution >= 0.6 is 0 Å². The number of hydrogen-bond donors (Lipinski definition) is 1. The highest BCUT2D eigenvalue weighted by Crippen LogP contribution is 2.37. The summed E-state index contributed by atoms with van der Waals surface area (Å²) in [7, 11) is 0. The van der Waals surface area contributed by atoms with E-state index in [4.69, 9.17) is 4.52 Å². The molecule has 0 aromatic carbocycles. The first kappa shape index (κ1) is 14.7. The third-order valence-corrected chi connectivity index (χ3v) is 4.23. The Labute approximate surface area is 129 Å². The van der Waals surface area contributed by atoms with Crippen molar-refractivity contribution in [2.75, 3.05) is 0 Å². The Morgan fingerprint density at radius 1 is 1.41 bits per heavy atom. The Bertz CT molecular complexity index is 674. The second kappa shape index (κ2) is 5.87. The predicted octanol–water partition coefficient (Wildman–Crippen LogP) is 2.53. The van der Waals surface area contributed by atoms with Gasteiger partial charge in [0, 0.05) is 13.1 Å². The number of amides is 1. The van der Waals surface area contributed by atoms with Gasteiger partial charge in [0.25, 0.3) is 5.91 Å². The molecule has 0 saturated heterocycles. The maximum atomic E-state index is 12.6. The zero-order chi connectivity index (χ0) is 15.6. The molecule has 0 bridgehead atoms. The largest absolute Gasteiger partial charge is 0.340 e. The van der Waals surface area contributed by atoms with Crippen molar-refractivity contribution >= 4 is 5.91 Å². The number of aromatic nitrogens is 3. The van der Waals surface area contributed by atoms with E-state index in [0.29, 0.717) is 17.4 Å². The van der Waals surface area contributed by atoms with Crippen LogP contribution in [0.1, 0.15) is 60.4 Å². The van der Waals surface area contributed by atoms with Crippen molar-refractivity contribution in [3.63, 3.8) is 0 Å². The normalized spacial score (nSPS) is 16.6. The summed E-state index contributed by atoms with van der Waals surface area (Å²) < 4.78 is 5.10. The van der Waals surface area contributed by atoms with Crippen LogP contribution in [0.3, 0.4) is 0 Å². The van der Waals surface area contributed by atoms with E-state index < -0.39 is 5.54 Å². The van der Waals surface area contributed by atoms with Gasteiger partial charge in [-0.05, 0) is 37.0 Å². The lowest BCUT2D eigenvalue weighted by Gasteiger charge is -2.26. The third kappa shape index (κ3) is 2.73. The lowest BCUT2D eigenvalue weighted by atomic mass is 9.96. The van der Waals surface area contributed by atoms with Gasteiger partial charge in [-0.2, -0.15) is 4.98 Å². The Morgan fingerprint density at radius 3 is 2.82 bits per heavy atom. The van der Waals surface area contributed by atoms with Crippen LogP contribution in [0.2, 0.25) is 0 Å². The zero-order valence-electron chi connectivity index (χ0n) is 12.9. The highest BCUT2D eigenvalue weighted by Gasteiger charge is 2.41. The van der Waals surface area contributed by atoms with Crippen molar-refractivity contribution in [1.82, 2.24) is 20.4 Å². The van der Waals surface area contributed by atoms with E-state index >= 15 is 0 Å². The van der Waals surface area contributed by atoms with Crippen LogP contribution in [-0.4, -0.2) is 21.0 Å². The van der Waals surface area contributed by atoms with Crippen molar-refractivity contribution in [2.45, 2.75) is 51.5 Å². The minimum Gasteiger partial charge on any atom is -0.340 e. The van der Waals surface area contributed by atoms with Crippen LogP contribution in [0.15, 0.2) is 22.9 Å². The van der Waals surface area contributed by atoms with Crippen molar-refractivity contribution in [2.24, 2.45) is 0 Å². The summed E-state index contributed by atoms with van der Waals surface area (Å²) in [6.45, 7) is 3.81. The summed E-state index contributed by atoms with van der Waals surface area (Å²) in [4.78, 5) is 21.1. The van der Waals surface area contributed by atoms with Crippen molar-refractivity contribution < 1.29 is 9.32 Å². The first-order chi connectivity index (χ1) is 10.6. The fourth-order valence-corrected chi connectivity index (χ4v) is 2.98. The summed E-state index contributed by atoms with van der Waals surface area (Å²) in [5.41, 5.74) is 1.00. The Kier molecular flexibility index (Phi) is 3.92. The van der Waals surface area contributed by atoms with Gasteiger partial charge in [-0.25, -0.2) is 0 Å². The number of pyridine rings is 1. The standard InChI is InChI=1S/C16H20N4O2/c1-3-12-6-9-17-13(10-12)14(21)19-16(7-4-5-8-16)15-18-11(2)22-20-15/h6,9-10H,3-5,7-8H2,1-2H3,(H,19,21). The van der Waals surface area contributed by atoms with E-state index in [-0.39, 0.29) is 5.91 Å². The molecule has 22 heavy (non-hydrogen) atoms. The molecule has 1 aliphatic rings. The minimum atomic E-state index is -0.529. The van der Waals surface area contributed by atoms with Crippen LogP contribution in [0.25, 0.3) is 0 Å². The fraction of sp³-hybridized carbons (Fsp3) is 0.500. The van der Waals surface area contributed by atoms with Gasteiger partial charge < -0.3 is 9.84 Å². The molecule has 1 N–H and O–H groups in total. The Morgan fingerprint density at radius 2 is 2.18 bits per heavy atom. The number of carbonyl (C=O) groups is 1. The van der Waals surface area contributed by atoms with Gasteiger partial charge in [-0.1, -0.05) is 24.9 Å². The number of rotatable bonds is 4. The van der Waals surface area contributed by atoms with Gasteiger partial charge in [0.1, 0.15) is 11.2 Å². The molecule has 116 valence electrons. The molecule has 0 radical (unpaired) electrons. The average molecular weight is 300 g/mol. The Balaban J connectivity index is 1.86. The molecule has 6 nitrogen and oxygen atoms in total. The molecule has 6 heteroatoms. The highest BCUT2D eigenvalue weighted by molar-refractivity contribution is 5.93. The Hall–Kier alpha value is -2.24. The number of nitrogens with zero attached hydrogens (tertiary/aromatic N) is 3. The molecule has 3 rings (SSSR count). The summed E-state index contributed by atoms with van der Waals surface area (Å²) in [5, 5.41) is 7.13. The molecule has 1 fully saturated rings. The first-order valence-corrected chi connectivity index (χ1v) is 7.71. The van der Waals surface area contributed by atoms with Gasteiger partial charge in [0.2, 0.25) is 5.89 Å². The van der Waals surface area contributed by atoms with Crippen LogP contribution in [0.4, 0.5) is 0 Å². The number of aryl methyl sites for hydroxylation is 2. The summed E-state index contributed by atoms with van der Waals surface area (Å²) in [6.07, 6.45) is 6.27. The van der Waals surface area contributed by atoms with E-state index in [1.54, 1.807) is 13.1 Å². The molecule has 0 aliphatic heterocycles. The molecular formula is C16H20N4O2. The van der Waals surface area contributed by atoms with E-state index in [1.165, 1.54) is 0 Å². The SMILES string of the molecule is CCc1ccnc(C(=O)NC2(c3noc(C)n3)CCCC2)c1. The van der Waals surface area contributed by atoms with Crippen LogP contribution < -0.4 is 5.32 Å². The molecule has 2 aromatic rings. The fourth-order valence-electron chi connectivity index (χ4n) is 2.98. The second-order valence-corrected chi connectivity index (χ2v) is 5.78. The van der Waals surface area contributed by atoms with Crippen LogP contribution in [0.5, 0.6) is 0 Å². The van der Waals surface area contributed by atoms with Gasteiger partial charge in [-0.3, -0.25) is 9.78 Å². The van der Waals surface area contributed by atoms with E-state index in [1.807, 2.05) is 12.1 Å². The quantitative estimate of drug-likeness (QED) is 0.938. The zero-order valence-corrected chi connectivity index (χ0v) is 12.9. The third-order valence-electron chi connectivity index (χ3n) is 4.23. The van der Waals surface area contributed by atoms with Crippen LogP contribution in [-0.2, 0) is 12.0 Å². The second-order valence-electron chi connectivity index (χ2n) is 5.78. The molecule has 2 aromatic heterocycles. The van der Waals surface area contributed by atoms with Gasteiger partial charge in [-0.15, -0.1) is 0 Å². The smallest absolute Gasteiger partial charge is 0.270 e. The number of hydrogen-bond acceptors (Lipinski definition) is 5. The average Bonchev–Trinajstić information content (AvgIpc) is 3.17. The molecular weight excluding hydrogens is 280 g/mol. The molecule has 2 heterocycles. The topological polar surface area (TPSA) is 80.9 Å². The van der Waals surface area contributed by atoms with Crippen molar-refractivity contribution in [1.29, 1.82) is 0 Å². The summed E-state index contributed by atoms with van der Waals surface area (Å²) in [5.74, 6) is 0.906. The van der Waals surface area contributed by atoms with Gasteiger partial charge in [0.05, 0.1) is 0 Å². The van der Waals surface area contributed by atoms with E-state index in [2.05, 4.69) is 27.4 Å². The molecule has 0 spiro atoms. The molecule has 1 amide bonds. The molecule has 0 unspecified atom stereocenters. The van der Waals surface area contributed by atoms with Gasteiger partial charge >= 0.3 is 0 Å². The van der Waals surface area contributed by atoms with Crippen LogP contribution in [0, 0.1) is 6.92 Å². The maximum absolute atomic E-state index is 12.6. The monoisotopic (exact) mass is 300 g/mol. The molecule has 1 aliphatic carbocycles. The van der Waals surface area contributed by atoms with Gasteiger partial charge in [0.15, 0.2) is 5.82 Å². The number of carbonyl (C=O) groups excluding carboxylic acids is 1. The highest BCUT2D eigenvalue weighted by atomic mass is 16.5. The van der Waals surface area contributed by atoms with Crippen molar-refractivity contribution in [3.8, 4) is 0 Å². The first-order valence-electron chi connectivity index (χ1n) is 7.71. The number of nitrogens with one attached hydrogen (secondary N) is 1. The molecule has 0 atom stereocenters. The van der Waals surface area contributed by atoms with Crippen molar-refractivity contribution in [3.05, 3.63) is 41.3 Å². The minimum absolute atomic E-state index is 0.181. The molecule has 1 saturated carbocycles. The lowest BCUT2D eigenvalue weighted by molar-refractivity contribution is 0.0886. The lowest BCUT2D eigenvalue weighted by Crippen LogP contribution is -2.45. The maximum Gasteiger partial charge on any atom is 0.270 e.